The molecule has 8 rings (SSSR count). The second kappa shape index (κ2) is 22.9. The van der Waals surface area contributed by atoms with Crippen molar-refractivity contribution in [1.29, 1.82) is 0 Å². The van der Waals surface area contributed by atoms with Gasteiger partial charge in [0.15, 0.2) is 5.78 Å². The van der Waals surface area contributed by atoms with Crippen LogP contribution in [-0.2, 0) is 44.8 Å². The number of amides is 7. The maximum atomic E-state index is 15.4. The number of allylic oxidation sites excluding steroid dienone is 4. The first kappa shape index (κ1) is 49.9. The molecule has 5 heterocycles. The van der Waals surface area contributed by atoms with Crippen LogP contribution in [0.3, 0.4) is 0 Å². The first-order chi connectivity index (χ1) is 33.8. The number of Topliss-reactive ketones (excluding diaryl/α,β-unsaturated/α-hetero) is 1. The molecule has 2 saturated heterocycles. The minimum atomic E-state index is -1.35. The average molecular weight is 993 g/mol. The fourth-order valence-corrected chi connectivity index (χ4v) is 12.0. The highest BCUT2D eigenvalue weighted by molar-refractivity contribution is 7.17. The summed E-state index contributed by atoms with van der Waals surface area (Å²) in [5.41, 5.74) is 14.0. The van der Waals surface area contributed by atoms with Crippen molar-refractivity contribution in [2.24, 2.45) is 23.3 Å². The van der Waals surface area contributed by atoms with E-state index in [4.69, 9.17) is 11.5 Å². The summed E-state index contributed by atoms with van der Waals surface area (Å²) in [6.07, 6.45) is 12.5. The Balaban J connectivity index is 1.15. The van der Waals surface area contributed by atoms with Crippen molar-refractivity contribution in [1.82, 2.24) is 41.2 Å². The summed E-state index contributed by atoms with van der Waals surface area (Å²) in [5.74, 6) is -6.16. The highest BCUT2D eigenvalue weighted by atomic mass is 32.1. The fraction of sp³-hybridized carbons (Fsp3) is 0.480. The van der Waals surface area contributed by atoms with Crippen molar-refractivity contribution in [3.8, 4) is 10.6 Å². The van der Waals surface area contributed by atoms with Gasteiger partial charge in [-0.3, -0.25) is 38.4 Å². The van der Waals surface area contributed by atoms with E-state index in [1.807, 2.05) is 47.9 Å². The van der Waals surface area contributed by atoms with Gasteiger partial charge in [0.2, 0.25) is 41.4 Å². The summed E-state index contributed by atoms with van der Waals surface area (Å²) in [4.78, 5) is 114. The molecule has 20 heteroatoms. The van der Waals surface area contributed by atoms with Crippen LogP contribution < -0.4 is 32.7 Å². The highest BCUT2D eigenvalue weighted by Crippen LogP contribution is 2.39. The molecule has 1 aromatic carbocycles. The van der Waals surface area contributed by atoms with Gasteiger partial charge in [0, 0.05) is 60.7 Å². The number of aromatic nitrogens is 3. The van der Waals surface area contributed by atoms with Crippen molar-refractivity contribution in [3.63, 3.8) is 0 Å². The lowest BCUT2D eigenvalue weighted by Crippen LogP contribution is -2.57. The van der Waals surface area contributed by atoms with Gasteiger partial charge in [-0.15, -0.1) is 27.8 Å². The monoisotopic (exact) mass is 992 g/mol. The number of nitrogens with zero attached hydrogens (tertiary/aromatic N) is 4. The number of rotatable bonds is 9. The molecule has 2 aliphatic carbocycles. The van der Waals surface area contributed by atoms with Gasteiger partial charge in [-0.2, -0.15) is 0 Å². The summed E-state index contributed by atoms with van der Waals surface area (Å²) in [6.45, 7) is 0.230. The van der Waals surface area contributed by atoms with E-state index in [1.165, 1.54) is 21.8 Å². The molecule has 0 spiro atoms. The molecule has 0 radical (unpaired) electrons. The van der Waals surface area contributed by atoms with E-state index in [1.54, 1.807) is 22.2 Å². The summed E-state index contributed by atoms with van der Waals surface area (Å²) in [5, 5.41) is 23.0. The molecular formula is C50H60N10O8S2. The normalized spacial score (nSPS) is 25.2. The third-order valence-corrected chi connectivity index (χ3v) is 16.1. The molecule has 1 saturated carbocycles. The molecule has 4 aliphatic rings. The van der Waals surface area contributed by atoms with E-state index in [2.05, 4.69) is 43.7 Å². The van der Waals surface area contributed by atoms with E-state index < -0.39 is 89.7 Å². The molecule has 8 N–H and O–H groups in total. The summed E-state index contributed by atoms with van der Waals surface area (Å²) >= 11 is 3.08. The van der Waals surface area contributed by atoms with Crippen LogP contribution in [-0.4, -0.2) is 104 Å². The molecule has 0 bridgehead atoms. The minimum absolute atomic E-state index is 0.0185. The average Bonchev–Trinajstić information content (AvgIpc) is 4.21. The van der Waals surface area contributed by atoms with Crippen molar-refractivity contribution < 1.29 is 38.4 Å². The Morgan fingerprint density at radius 3 is 2.37 bits per heavy atom. The number of fused-ring (bicyclic) bond motifs is 2. The van der Waals surface area contributed by atoms with Gasteiger partial charge in [-0.1, -0.05) is 60.9 Å². The predicted octanol–water partition coefficient (Wildman–Crippen LogP) is 4.00. The van der Waals surface area contributed by atoms with Crippen molar-refractivity contribution in [2.45, 2.75) is 127 Å². The second-order valence-electron chi connectivity index (χ2n) is 18.8. The minimum Gasteiger partial charge on any atom is -0.370 e. The number of nitrogens with two attached hydrogens (primary N) is 2. The number of hydrogen-bond donors (Lipinski definition) is 6. The Kier molecular flexibility index (Phi) is 16.3. The summed E-state index contributed by atoms with van der Waals surface area (Å²) < 4.78 is 2.64. The van der Waals surface area contributed by atoms with Gasteiger partial charge < -0.3 is 37.6 Å². The lowest BCUT2D eigenvalue weighted by atomic mass is 9.76. The molecular weight excluding hydrogens is 933 g/mol. The zero-order chi connectivity index (χ0) is 49.3. The van der Waals surface area contributed by atoms with Gasteiger partial charge in [-0.05, 0) is 84.5 Å². The molecule has 370 valence electrons. The van der Waals surface area contributed by atoms with E-state index in [0.717, 1.165) is 51.1 Å². The maximum Gasteiger partial charge on any atom is 0.243 e. The van der Waals surface area contributed by atoms with Gasteiger partial charge in [0.1, 0.15) is 23.8 Å². The Hall–Kier alpha value is -6.54. The molecule has 2 aliphatic heterocycles. The number of thiophene rings is 2. The Morgan fingerprint density at radius 1 is 0.829 bits per heavy atom. The number of primary amides is 2. The zero-order valence-corrected chi connectivity index (χ0v) is 40.6. The summed E-state index contributed by atoms with van der Waals surface area (Å²) in [7, 11) is 0. The van der Waals surface area contributed by atoms with Crippen LogP contribution in [0.25, 0.3) is 26.2 Å². The maximum absolute atomic E-state index is 15.4. The van der Waals surface area contributed by atoms with Gasteiger partial charge in [-0.25, -0.2) is 4.68 Å². The standard InChI is InChI=1S/C50H60N10O8S2/c51-44(62)25-36-40(61)24-34(29-10-2-1-3-11-29)50(68)59-26-32(60-27-38(57-58-60)43-18-17-41(70-43)30-12-4-5-13-30)23-39(59)49(67)56-37(22-31-28-69-42-16-7-6-14-33(31)42)48(66)55-35(47(52)65)15-8-9-21-53-45(63)19-20-46(64)54-36/h4-7,12,14,16-18,27-29,32,34-37,39H,1-3,8-11,13,15,19-26H2,(H2,51,62)(H2,52,65)(H,53,63)(H,54,64)(H,55,66)(H,56,67)/t32-,34-,35-,36-,37-,39-/m0/s1. The summed E-state index contributed by atoms with van der Waals surface area (Å²) in [6, 6.07) is 6.39. The topological polar surface area (TPSA) is 271 Å². The fourth-order valence-electron chi connectivity index (χ4n) is 10.1. The number of carbonyl (C=O) groups is 8. The first-order valence-corrected chi connectivity index (χ1v) is 25.9. The van der Waals surface area contributed by atoms with E-state index in [0.29, 0.717) is 31.4 Å². The van der Waals surface area contributed by atoms with E-state index in [-0.39, 0.29) is 57.5 Å². The second-order valence-corrected chi connectivity index (χ2v) is 20.8. The predicted molar refractivity (Wildman–Crippen MR) is 264 cm³/mol. The third-order valence-electron chi connectivity index (χ3n) is 13.9. The Bertz CT molecular complexity index is 2680. The highest BCUT2D eigenvalue weighted by Gasteiger charge is 2.46. The van der Waals surface area contributed by atoms with E-state index >= 15 is 9.59 Å². The first-order valence-electron chi connectivity index (χ1n) is 24.2. The number of benzene rings is 1. The molecule has 6 atom stereocenters. The van der Waals surface area contributed by atoms with Crippen LogP contribution in [0.4, 0.5) is 0 Å². The molecule has 18 nitrogen and oxygen atoms in total. The van der Waals surface area contributed by atoms with Crippen molar-refractivity contribution >= 4 is 85.5 Å². The molecule has 4 aromatic rings. The molecule has 0 unspecified atom stereocenters. The van der Waals surface area contributed by atoms with Crippen LogP contribution in [0.5, 0.6) is 0 Å². The number of hydrogen-bond acceptors (Lipinski definition) is 12. The Morgan fingerprint density at radius 2 is 1.60 bits per heavy atom. The van der Waals surface area contributed by atoms with Crippen LogP contribution >= 0.6 is 22.7 Å². The smallest absolute Gasteiger partial charge is 0.243 e. The van der Waals surface area contributed by atoms with E-state index in [9.17, 15) is 28.8 Å². The number of carbonyl (C=O) groups excluding carboxylic acids is 8. The third kappa shape index (κ3) is 12.2. The van der Waals surface area contributed by atoms with Crippen LogP contribution in [0.1, 0.15) is 106 Å². The lowest BCUT2D eigenvalue weighted by Gasteiger charge is -2.35. The molecule has 3 aromatic heterocycles. The van der Waals surface area contributed by atoms with Crippen LogP contribution in [0.15, 0.2) is 66.2 Å². The number of ketones is 1. The largest absolute Gasteiger partial charge is 0.370 e. The lowest BCUT2D eigenvalue weighted by molar-refractivity contribution is -0.146. The van der Waals surface area contributed by atoms with Gasteiger partial charge in [0.25, 0.3) is 0 Å². The molecule has 7 amide bonds. The quantitative estimate of drug-likeness (QED) is 0.140. The van der Waals surface area contributed by atoms with Crippen LogP contribution in [0, 0.1) is 11.8 Å². The van der Waals surface area contributed by atoms with Crippen LogP contribution in [0.2, 0.25) is 0 Å². The van der Waals surface area contributed by atoms with Gasteiger partial charge >= 0.3 is 0 Å². The Labute approximate surface area is 413 Å². The van der Waals surface area contributed by atoms with Crippen molar-refractivity contribution in [2.75, 3.05) is 13.1 Å². The zero-order valence-electron chi connectivity index (χ0n) is 38.9. The molecule has 3 fully saturated rings. The SMILES string of the molecule is NC(=O)C[C@@H]1NC(=O)CCC(=O)NCCCC[C@@H](C(N)=O)NC(=O)[C@H](Cc2csc3ccccc23)NC(=O)[C@@H]2C[C@H](n3cc(-c4ccc(C5=CC=CC5)s4)nn3)CN2C(=O)[C@H](C2CCCCC2)CC1=O. The van der Waals surface area contributed by atoms with Crippen molar-refractivity contribution in [3.05, 3.63) is 76.6 Å². The molecule has 70 heavy (non-hydrogen) atoms. The number of nitrogens with one attached hydrogen (secondary N) is 4. The van der Waals surface area contributed by atoms with Gasteiger partial charge in [0.05, 0.1) is 29.6 Å².